The topological polar surface area (TPSA) is 83.6 Å². The van der Waals surface area contributed by atoms with Crippen LogP contribution >= 0.6 is 11.6 Å². The van der Waals surface area contributed by atoms with E-state index in [9.17, 15) is 18.0 Å². The maximum absolute atomic E-state index is 13.4. The van der Waals surface area contributed by atoms with Gasteiger partial charge in [0.1, 0.15) is 12.3 Å². The molecular formula is C20H29ClN2O4S. The van der Waals surface area contributed by atoms with Crippen LogP contribution in [0.4, 0.5) is 0 Å². The number of hydrogen-bond acceptors (Lipinski definition) is 4. The van der Waals surface area contributed by atoms with E-state index in [-0.39, 0.29) is 22.8 Å². The second kappa shape index (κ2) is 9.85. The number of amides is 1. The van der Waals surface area contributed by atoms with E-state index in [0.717, 1.165) is 38.4 Å². The molecule has 0 unspecified atom stereocenters. The van der Waals surface area contributed by atoms with Gasteiger partial charge in [-0.3, -0.25) is 4.79 Å². The Hall–Kier alpha value is -1.44. The van der Waals surface area contributed by atoms with Gasteiger partial charge in [0.25, 0.3) is 0 Å². The molecule has 28 heavy (non-hydrogen) atoms. The van der Waals surface area contributed by atoms with Crippen LogP contribution in [0.5, 0.6) is 0 Å². The number of hydrogen-bond donors (Lipinski definition) is 1. The molecule has 0 aliphatic heterocycles. The SMILES string of the molecule is CC(C)[C@H](NS(=O)(=O)c1ccc(Cl)cc1)C(=O)N(C1CCCCC1)[C@@H](C)C=O. The normalized spacial score (nSPS) is 17.9. The standard InChI is InChI=1S/C20H29ClN2O4S/c1-14(2)19(22-28(26,27)18-11-9-16(21)10-12-18)20(25)23(15(3)13-24)17-7-5-4-6-8-17/h9-15,17,19,22H,4-8H2,1-3H3/t15-,19-/m0/s1. The third-order valence-electron chi connectivity index (χ3n) is 5.20. The minimum Gasteiger partial charge on any atom is -0.329 e. The Morgan fingerprint density at radius 1 is 1.14 bits per heavy atom. The van der Waals surface area contributed by atoms with E-state index in [4.69, 9.17) is 11.6 Å². The molecule has 1 amide bonds. The smallest absolute Gasteiger partial charge is 0.241 e. The van der Waals surface area contributed by atoms with Crippen LogP contribution in [0, 0.1) is 5.92 Å². The summed E-state index contributed by atoms with van der Waals surface area (Å²) in [5.74, 6) is -0.626. The van der Waals surface area contributed by atoms with Crippen molar-refractivity contribution in [3.63, 3.8) is 0 Å². The Kier molecular flexibility index (Phi) is 8.04. The maximum atomic E-state index is 13.4. The molecule has 1 aliphatic carbocycles. The zero-order valence-corrected chi connectivity index (χ0v) is 18.2. The summed E-state index contributed by atoms with van der Waals surface area (Å²) in [7, 11) is -3.91. The van der Waals surface area contributed by atoms with Gasteiger partial charge in [-0.25, -0.2) is 8.42 Å². The molecule has 6 nitrogen and oxygen atoms in total. The van der Waals surface area contributed by atoms with Crippen molar-refractivity contribution in [2.75, 3.05) is 0 Å². The van der Waals surface area contributed by atoms with Crippen molar-refractivity contribution >= 4 is 33.8 Å². The van der Waals surface area contributed by atoms with Gasteiger partial charge in [0.15, 0.2) is 0 Å². The third kappa shape index (κ3) is 5.55. The number of sulfonamides is 1. The van der Waals surface area contributed by atoms with E-state index in [0.29, 0.717) is 5.02 Å². The fraction of sp³-hybridized carbons (Fsp3) is 0.600. The molecule has 0 bridgehead atoms. The molecule has 156 valence electrons. The van der Waals surface area contributed by atoms with E-state index in [1.54, 1.807) is 25.7 Å². The first-order chi connectivity index (χ1) is 13.2. The van der Waals surface area contributed by atoms with Gasteiger partial charge in [-0.05, 0) is 49.9 Å². The summed E-state index contributed by atoms with van der Waals surface area (Å²) in [6.45, 7) is 5.26. The number of carbonyl (C=O) groups is 2. The molecular weight excluding hydrogens is 400 g/mol. The molecule has 8 heteroatoms. The Bertz CT molecular complexity index is 774. The van der Waals surface area contributed by atoms with E-state index in [1.165, 1.54) is 24.3 Å². The highest BCUT2D eigenvalue weighted by atomic mass is 35.5. The third-order valence-corrected chi connectivity index (χ3v) is 6.91. The second-order valence-corrected chi connectivity index (χ2v) is 9.86. The molecule has 1 N–H and O–H groups in total. The van der Waals surface area contributed by atoms with Gasteiger partial charge in [-0.15, -0.1) is 0 Å². The average molecular weight is 429 g/mol. The van der Waals surface area contributed by atoms with Crippen LogP contribution in [0.15, 0.2) is 29.2 Å². The van der Waals surface area contributed by atoms with Gasteiger partial charge < -0.3 is 9.69 Å². The van der Waals surface area contributed by atoms with Crippen LogP contribution in [-0.4, -0.2) is 43.6 Å². The van der Waals surface area contributed by atoms with Crippen LogP contribution < -0.4 is 4.72 Å². The van der Waals surface area contributed by atoms with Crippen molar-refractivity contribution in [3.05, 3.63) is 29.3 Å². The summed E-state index contributed by atoms with van der Waals surface area (Å²) < 4.78 is 28.2. The number of benzene rings is 1. The lowest BCUT2D eigenvalue weighted by atomic mass is 9.92. The summed E-state index contributed by atoms with van der Waals surface area (Å²) in [4.78, 5) is 26.5. The highest BCUT2D eigenvalue weighted by Crippen LogP contribution is 2.26. The van der Waals surface area contributed by atoms with Crippen molar-refractivity contribution in [2.45, 2.75) is 75.9 Å². The van der Waals surface area contributed by atoms with Gasteiger partial charge in [-0.1, -0.05) is 44.7 Å². The number of halogens is 1. The Morgan fingerprint density at radius 3 is 2.21 bits per heavy atom. The van der Waals surface area contributed by atoms with Crippen molar-refractivity contribution in [1.29, 1.82) is 0 Å². The minimum absolute atomic E-state index is 0.0391. The monoisotopic (exact) mass is 428 g/mol. The lowest BCUT2D eigenvalue weighted by molar-refractivity contribution is -0.142. The molecule has 1 aliphatic rings. The van der Waals surface area contributed by atoms with Crippen molar-refractivity contribution in [2.24, 2.45) is 5.92 Å². The zero-order valence-electron chi connectivity index (χ0n) is 16.6. The lowest BCUT2D eigenvalue weighted by Crippen LogP contribution is -2.57. The van der Waals surface area contributed by atoms with Crippen LogP contribution in [0.3, 0.4) is 0 Å². The first-order valence-corrected chi connectivity index (χ1v) is 11.6. The summed E-state index contributed by atoms with van der Waals surface area (Å²) in [5, 5.41) is 0.429. The molecule has 0 spiro atoms. The maximum Gasteiger partial charge on any atom is 0.241 e. The fourth-order valence-corrected chi connectivity index (χ4v) is 5.08. The van der Waals surface area contributed by atoms with Gasteiger partial charge >= 0.3 is 0 Å². The van der Waals surface area contributed by atoms with Gasteiger partial charge in [0, 0.05) is 11.1 Å². The van der Waals surface area contributed by atoms with Gasteiger partial charge in [-0.2, -0.15) is 4.72 Å². The van der Waals surface area contributed by atoms with Gasteiger partial charge in [0.05, 0.1) is 10.9 Å². The summed E-state index contributed by atoms with van der Waals surface area (Å²) >= 11 is 5.84. The lowest BCUT2D eigenvalue weighted by Gasteiger charge is -2.39. The fourth-order valence-electron chi connectivity index (χ4n) is 3.62. The first kappa shape index (κ1) is 22.8. The number of aldehydes is 1. The van der Waals surface area contributed by atoms with Crippen LogP contribution in [0.2, 0.25) is 5.02 Å². The van der Waals surface area contributed by atoms with Crippen molar-refractivity contribution in [1.82, 2.24) is 9.62 Å². The quantitative estimate of drug-likeness (QED) is 0.643. The van der Waals surface area contributed by atoms with Crippen molar-refractivity contribution < 1.29 is 18.0 Å². The number of rotatable bonds is 8. The molecule has 1 aromatic rings. The zero-order chi connectivity index (χ0) is 20.9. The molecule has 1 fully saturated rings. The summed E-state index contributed by atoms with van der Waals surface area (Å²) in [6.07, 6.45) is 5.53. The number of nitrogens with zero attached hydrogens (tertiary/aromatic N) is 1. The van der Waals surface area contributed by atoms with Gasteiger partial charge in [0.2, 0.25) is 15.9 Å². The Morgan fingerprint density at radius 2 is 1.71 bits per heavy atom. The molecule has 1 aromatic carbocycles. The Labute approximate surface area is 172 Å². The van der Waals surface area contributed by atoms with Crippen LogP contribution in [0.1, 0.15) is 52.9 Å². The van der Waals surface area contributed by atoms with Crippen molar-refractivity contribution in [3.8, 4) is 0 Å². The molecule has 0 heterocycles. The van der Waals surface area contributed by atoms with E-state index >= 15 is 0 Å². The largest absolute Gasteiger partial charge is 0.329 e. The predicted octanol–water partition coefficient (Wildman–Crippen LogP) is 3.39. The first-order valence-electron chi connectivity index (χ1n) is 9.72. The molecule has 0 radical (unpaired) electrons. The number of carbonyl (C=O) groups excluding carboxylic acids is 2. The molecule has 2 atom stereocenters. The average Bonchev–Trinajstić information content (AvgIpc) is 2.67. The predicted molar refractivity (Wildman–Crippen MR) is 110 cm³/mol. The summed E-state index contributed by atoms with van der Waals surface area (Å²) in [5.41, 5.74) is 0. The molecule has 1 saturated carbocycles. The molecule has 0 aromatic heterocycles. The highest BCUT2D eigenvalue weighted by Gasteiger charge is 2.37. The second-order valence-electron chi connectivity index (χ2n) is 7.71. The minimum atomic E-state index is -3.91. The molecule has 0 saturated heterocycles. The van der Waals surface area contributed by atoms with Crippen LogP contribution in [0.25, 0.3) is 0 Å². The van der Waals surface area contributed by atoms with E-state index < -0.39 is 22.1 Å². The summed E-state index contributed by atoms with van der Waals surface area (Å²) in [6, 6.07) is 4.19. The van der Waals surface area contributed by atoms with Crippen LogP contribution in [-0.2, 0) is 19.6 Å². The van der Waals surface area contributed by atoms with E-state index in [2.05, 4.69) is 4.72 Å². The Balaban J connectivity index is 2.30. The molecule has 2 rings (SSSR count). The highest BCUT2D eigenvalue weighted by molar-refractivity contribution is 7.89. The number of nitrogens with one attached hydrogen (secondary N) is 1. The van der Waals surface area contributed by atoms with E-state index in [1.807, 2.05) is 0 Å².